The fraction of sp³-hybridized carbons (Fsp3) is 0.647. The van der Waals surface area contributed by atoms with Crippen LogP contribution in [0.1, 0.15) is 65.7 Å². The molecule has 0 spiro atoms. The summed E-state index contributed by atoms with van der Waals surface area (Å²) in [6.07, 6.45) is 14.8. The molecule has 0 bridgehead atoms. The van der Waals surface area contributed by atoms with Gasteiger partial charge in [-0.05, 0) is 25.8 Å². The molecular formula is C17H27N3. The number of nitrogens with zero attached hydrogens (tertiary/aromatic N) is 3. The maximum Gasteiger partial charge on any atom is 0.111 e. The number of hydrogen-bond acceptors (Lipinski definition) is 2. The van der Waals surface area contributed by atoms with E-state index in [4.69, 9.17) is 5.10 Å². The van der Waals surface area contributed by atoms with Crippen LogP contribution in [0.2, 0.25) is 0 Å². The van der Waals surface area contributed by atoms with Gasteiger partial charge < -0.3 is 0 Å². The van der Waals surface area contributed by atoms with Gasteiger partial charge in [0.05, 0.1) is 11.7 Å². The second kappa shape index (κ2) is 6.87. The molecular weight excluding hydrogens is 246 g/mol. The highest BCUT2D eigenvalue weighted by atomic mass is 15.3. The maximum atomic E-state index is 4.72. The van der Waals surface area contributed by atoms with E-state index in [1.807, 2.05) is 18.5 Å². The zero-order chi connectivity index (χ0) is 14.4. The smallest absolute Gasteiger partial charge is 0.111 e. The standard InChI is InChI=1S/C17H27N3/c1-4-6-7-8-9-11-17(3,5-2)20-14-15-10-12-18-13-16(15)19-20/h10,12-14H,4-9,11H2,1-3H3. The Morgan fingerprint density at radius 1 is 1.15 bits per heavy atom. The lowest BCUT2D eigenvalue weighted by Gasteiger charge is -2.29. The molecule has 3 nitrogen and oxygen atoms in total. The Bertz CT molecular complexity index is 499. The molecule has 0 aliphatic carbocycles. The van der Waals surface area contributed by atoms with Crippen molar-refractivity contribution in [3.8, 4) is 0 Å². The summed E-state index contributed by atoms with van der Waals surface area (Å²) in [5.74, 6) is 0. The van der Waals surface area contributed by atoms with Crippen LogP contribution in [-0.4, -0.2) is 14.8 Å². The Balaban J connectivity index is 2.05. The van der Waals surface area contributed by atoms with Gasteiger partial charge in [0.15, 0.2) is 0 Å². The summed E-state index contributed by atoms with van der Waals surface area (Å²) in [7, 11) is 0. The van der Waals surface area contributed by atoms with Crippen molar-refractivity contribution in [2.75, 3.05) is 0 Å². The summed E-state index contributed by atoms with van der Waals surface area (Å²) in [5.41, 5.74) is 1.13. The van der Waals surface area contributed by atoms with Gasteiger partial charge in [0.1, 0.15) is 5.52 Å². The number of unbranched alkanes of at least 4 members (excludes halogenated alkanes) is 4. The van der Waals surface area contributed by atoms with Crippen molar-refractivity contribution >= 4 is 10.9 Å². The quantitative estimate of drug-likeness (QED) is 0.639. The molecule has 0 aromatic carbocycles. The summed E-state index contributed by atoms with van der Waals surface area (Å²) in [4.78, 5) is 4.15. The van der Waals surface area contributed by atoms with Crippen LogP contribution < -0.4 is 0 Å². The lowest BCUT2D eigenvalue weighted by atomic mass is 9.91. The fourth-order valence-corrected chi connectivity index (χ4v) is 2.71. The van der Waals surface area contributed by atoms with E-state index in [1.165, 1.54) is 43.9 Å². The van der Waals surface area contributed by atoms with Gasteiger partial charge in [-0.2, -0.15) is 5.10 Å². The molecule has 110 valence electrons. The molecule has 0 aliphatic heterocycles. The molecule has 2 aromatic heterocycles. The summed E-state index contributed by atoms with van der Waals surface area (Å²) in [6.45, 7) is 6.85. The molecule has 1 unspecified atom stereocenters. The third-order valence-electron chi connectivity index (χ3n) is 4.44. The highest BCUT2D eigenvalue weighted by Crippen LogP contribution is 2.28. The molecule has 3 heteroatoms. The van der Waals surface area contributed by atoms with Crippen LogP contribution in [0.15, 0.2) is 24.7 Å². The van der Waals surface area contributed by atoms with E-state index in [1.54, 1.807) is 0 Å². The van der Waals surface area contributed by atoms with Crippen molar-refractivity contribution in [3.05, 3.63) is 24.7 Å². The van der Waals surface area contributed by atoms with Gasteiger partial charge >= 0.3 is 0 Å². The van der Waals surface area contributed by atoms with Crippen molar-refractivity contribution in [2.24, 2.45) is 0 Å². The van der Waals surface area contributed by atoms with Crippen molar-refractivity contribution in [2.45, 2.75) is 71.3 Å². The highest BCUT2D eigenvalue weighted by molar-refractivity contribution is 5.76. The number of hydrogen-bond donors (Lipinski definition) is 0. The Labute approximate surface area is 122 Å². The van der Waals surface area contributed by atoms with E-state index >= 15 is 0 Å². The maximum absolute atomic E-state index is 4.72. The van der Waals surface area contributed by atoms with Crippen LogP contribution in [0.5, 0.6) is 0 Å². The van der Waals surface area contributed by atoms with E-state index in [0.717, 1.165) is 11.9 Å². The minimum Gasteiger partial charge on any atom is -0.266 e. The zero-order valence-corrected chi connectivity index (χ0v) is 13.1. The number of rotatable bonds is 8. The molecule has 0 saturated heterocycles. The van der Waals surface area contributed by atoms with Crippen molar-refractivity contribution < 1.29 is 0 Å². The van der Waals surface area contributed by atoms with Crippen molar-refractivity contribution in [1.29, 1.82) is 0 Å². The SMILES string of the molecule is CCCCCCCC(C)(CC)n1cc2ccncc2n1. The Morgan fingerprint density at radius 3 is 2.65 bits per heavy atom. The van der Waals surface area contributed by atoms with E-state index in [0.29, 0.717) is 0 Å². The van der Waals surface area contributed by atoms with Crippen LogP contribution in [0, 0.1) is 0 Å². The molecule has 2 heterocycles. The van der Waals surface area contributed by atoms with Crippen molar-refractivity contribution in [3.63, 3.8) is 0 Å². The van der Waals surface area contributed by atoms with Crippen LogP contribution in [0.4, 0.5) is 0 Å². The lowest BCUT2D eigenvalue weighted by Crippen LogP contribution is -2.29. The molecule has 0 amide bonds. The molecule has 2 rings (SSSR count). The van der Waals surface area contributed by atoms with Crippen LogP contribution in [-0.2, 0) is 5.54 Å². The first kappa shape index (κ1) is 15.0. The molecule has 0 N–H and O–H groups in total. The third kappa shape index (κ3) is 3.38. The predicted octanol–water partition coefficient (Wildman–Crippen LogP) is 4.92. The van der Waals surface area contributed by atoms with Gasteiger partial charge in [0.2, 0.25) is 0 Å². The van der Waals surface area contributed by atoms with Crippen LogP contribution >= 0.6 is 0 Å². The minimum atomic E-state index is 0.130. The van der Waals surface area contributed by atoms with Gasteiger partial charge in [-0.15, -0.1) is 0 Å². The average Bonchev–Trinajstić information content (AvgIpc) is 2.91. The third-order valence-corrected chi connectivity index (χ3v) is 4.44. The van der Waals surface area contributed by atoms with Gasteiger partial charge in [-0.3, -0.25) is 9.67 Å². The van der Waals surface area contributed by atoms with Crippen LogP contribution in [0.25, 0.3) is 10.9 Å². The Hall–Kier alpha value is -1.38. The molecule has 1 atom stereocenters. The first-order valence-corrected chi connectivity index (χ1v) is 7.99. The van der Waals surface area contributed by atoms with Gasteiger partial charge in [0, 0.05) is 17.8 Å². The van der Waals surface area contributed by atoms with E-state index in [9.17, 15) is 0 Å². The number of pyridine rings is 1. The second-order valence-electron chi connectivity index (χ2n) is 6.02. The van der Waals surface area contributed by atoms with Gasteiger partial charge in [-0.25, -0.2) is 0 Å². The molecule has 20 heavy (non-hydrogen) atoms. The predicted molar refractivity (Wildman–Crippen MR) is 84.8 cm³/mol. The van der Waals surface area contributed by atoms with Gasteiger partial charge in [0.25, 0.3) is 0 Å². The molecule has 0 aliphatic rings. The Morgan fingerprint density at radius 2 is 1.95 bits per heavy atom. The minimum absolute atomic E-state index is 0.130. The fourth-order valence-electron chi connectivity index (χ4n) is 2.71. The van der Waals surface area contributed by atoms with Crippen molar-refractivity contribution in [1.82, 2.24) is 14.8 Å². The summed E-state index contributed by atoms with van der Waals surface area (Å²) < 4.78 is 2.17. The number of fused-ring (bicyclic) bond motifs is 1. The highest BCUT2D eigenvalue weighted by Gasteiger charge is 2.24. The molecule has 0 radical (unpaired) electrons. The van der Waals surface area contributed by atoms with Crippen LogP contribution in [0.3, 0.4) is 0 Å². The largest absolute Gasteiger partial charge is 0.266 e. The zero-order valence-electron chi connectivity index (χ0n) is 13.1. The monoisotopic (exact) mass is 273 g/mol. The first-order valence-electron chi connectivity index (χ1n) is 7.99. The Kier molecular flexibility index (Phi) is 5.16. The summed E-state index contributed by atoms with van der Waals surface area (Å²) >= 11 is 0. The topological polar surface area (TPSA) is 30.7 Å². The summed E-state index contributed by atoms with van der Waals surface area (Å²) in [5, 5.41) is 5.91. The van der Waals surface area contributed by atoms with E-state index in [-0.39, 0.29) is 5.54 Å². The normalized spacial score (nSPS) is 14.6. The summed E-state index contributed by atoms with van der Waals surface area (Å²) in [6, 6.07) is 2.04. The second-order valence-corrected chi connectivity index (χ2v) is 6.02. The number of aromatic nitrogens is 3. The molecule has 0 saturated carbocycles. The van der Waals surface area contributed by atoms with Gasteiger partial charge in [-0.1, -0.05) is 46.0 Å². The molecule has 2 aromatic rings. The molecule has 0 fully saturated rings. The van der Waals surface area contributed by atoms with E-state index < -0.39 is 0 Å². The lowest BCUT2D eigenvalue weighted by molar-refractivity contribution is 0.246. The average molecular weight is 273 g/mol. The van der Waals surface area contributed by atoms with E-state index in [2.05, 4.69) is 36.6 Å². The first-order chi connectivity index (χ1) is 9.69.